The molecule has 2 aromatic rings. The van der Waals surface area contributed by atoms with Crippen LogP contribution in [0.3, 0.4) is 0 Å². The fourth-order valence-electron chi connectivity index (χ4n) is 2.24. The van der Waals surface area contributed by atoms with Crippen molar-refractivity contribution in [2.45, 2.75) is 6.54 Å². The molecule has 0 radical (unpaired) electrons. The van der Waals surface area contributed by atoms with Crippen molar-refractivity contribution in [3.8, 4) is 17.2 Å². The Kier molecular flexibility index (Phi) is 6.34. The lowest BCUT2D eigenvalue weighted by Gasteiger charge is -2.16. The fourth-order valence-corrected chi connectivity index (χ4v) is 2.81. The lowest BCUT2D eigenvalue weighted by Crippen LogP contribution is -2.23. The Morgan fingerprint density at radius 3 is 2.42 bits per heavy atom. The maximum absolute atomic E-state index is 12.4. The summed E-state index contributed by atoms with van der Waals surface area (Å²) in [4.78, 5) is 12.4. The van der Waals surface area contributed by atoms with Gasteiger partial charge in [-0.05, 0) is 30.3 Å². The van der Waals surface area contributed by atoms with Crippen molar-refractivity contribution in [3.63, 3.8) is 0 Å². The van der Waals surface area contributed by atoms with Gasteiger partial charge in [0.25, 0.3) is 5.91 Å². The van der Waals surface area contributed by atoms with Gasteiger partial charge in [0.1, 0.15) is 0 Å². The molecule has 128 valence electrons. The third-order valence-corrected chi connectivity index (χ3v) is 4.22. The summed E-state index contributed by atoms with van der Waals surface area (Å²) in [6, 6.07) is 8.68. The Morgan fingerprint density at radius 2 is 1.79 bits per heavy atom. The zero-order chi connectivity index (χ0) is 17.7. The van der Waals surface area contributed by atoms with Crippen molar-refractivity contribution >= 4 is 33.4 Å². The maximum Gasteiger partial charge on any atom is 0.253 e. The molecule has 0 aromatic heterocycles. The summed E-state index contributed by atoms with van der Waals surface area (Å²) in [5, 5.41) is 3.21. The Hall–Kier alpha value is -1.92. The van der Waals surface area contributed by atoms with Crippen LogP contribution in [0, 0.1) is 0 Å². The fraction of sp³-hybridized carbons (Fsp3) is 0.235. The van der Waals surface area contributed by atoms with E-state index in [0.717, 1.165) is 10.0 Å². The van der Waals surface area contributed by atoms with E-state index in [9.17, 15) is 4.79 Å². The molecule has 7 heteroatoms. The predicted octanol–water partition coefficient (Wildman–Crippen LogP) is 4.06. The number of rotatable bonds is 6. The van der Waals surface area contributed by atoms with Crippen LogP contribution in [-0.2, 0) is 6.54 Å². The first-order valence-electron chi connectivity index (χ1n) is 7.03. The highest BCUT2D eigenvalue weighted by Gasteiger charge is 2.17. The second kappa shape index (κ2) is 8.26. The molecule has 24 heavy (non-hydrogen) atoms. The van der Waals surface area contributed by atoms with E-state index in [-0.39, 0.29) is 12.5 Å². The van der Waals surface area contributed by atoms with Crippen molar-refractivity contribution in [1.29, 1.82) is 0 Å². The molecule has 0 aliphatic rings. The molecule has 5 nitrogen and oxygen atoms in total. The number of methoxy groups -OCH3 is 3. The molecule has 1 amide bonds. The highest BCUT2D eigenvalue weighted by molar-refractivity contribution is 9.10. The van der Waals surface area contributed by atoms with Gasteiger partial charge in [-0.25, -0.2) is 0 Å². The number of hydrogen-bond acceptors (Lipinski definition) is 4. The van der Waals surface area contributed by atoms with Gasteiger partial charge >= 0.3 is 0 Å². The Balaban J connectivity index is 2.23. The summed E-state index contributed by atoms with van der Waals surface area (Å²) in [5.41, 5.74) is 1.15. The van der Waals surface area contributed by atoms with E-state index in [0.29, 0.717) is 27.8 Å². The molecule has 0 saturated carbocycles. The Morgan fingerprint density at radius 1 is 1.08 bits per heavy atom. The second-order valence-corrected chi connectivity index (χ2v) is 6.12. The van der Waals surface area contributed by atoms with E-state index in [1.54, 1.807) is 31.4 Å². The largest absolute Gasteiger partial charge is 0.493 e. The van der Waals surface area contributed by atoms with E-state index in [4.69, 9.17) is 25.8 Å². The first-order valence-corrected chi connectivity index (χ1v) is 8.20. The summed E-state index contributed by atoms with van der Waals surface area (Å²) >= 11 is 9.40. The van der Waals surface area contributed by atoms with Crippen molar-refractivity contribution in [2.75, 3.05) is 21.3 Å². The second-order valence-electron chi connectivity index (χ2n) is 4.80. The normalized spacial score (nSPS) is 10.2. The SMILES string of the molecule is COc1ccc(CNC(=O)c2cc(Br)ccc2Cl)c(OC)c1OC. The molecular formula is C17H17BrClNO4. The number of halogens is 2. The minimum Gasteiger partial charge on any atom is -0.493 e. The zero-order valence-corrected chi connectivity index (χ0v) is 15.8. The number of amides is 1. The summed E-state index contributed by atoms with van der Waals surface area (Å²) in [6.45, 7) is 0.255. The first kappa shape index (κ1) is 18.4. The van der Waals surface area contributed by atoms with Crippen LogP contribution in [0.2, 0.25) is 5.02 Å². The summed E-state index contributed by atoms with van der Waals surface area (Å²) in [5.74, 6) is 1.27. The topological polar surface area (TPSA) is 56.8 Å². The van der Waals surface area contributed by atoms with E-state index < -0.39 is 0 Å². The molecule has 0 heterocycles. The van der Waals surface area contributed by atoms with Gasteiger partial charge in [0.15, 0.2) is 11.5 Å². The molecule has 0 atom stereocenters. The van der Waals surface area contributed by atoms with Gasteiger partial charge in [-0.1, -0.05) is 27.5 Å². The van der Waals surface area contributed by atoms with Gasteiger partial charge in [0.2, 0.25) is 5.75 Å². The van der Waals surface area contributed by atoms with E-state index in [1.165, 1.54) is 14.2 Å². The highest BCUT2D eigenvalue weighted by Crippen LogP contribution is 2.39. The number of ether oxygens (including phenoxy) is 3. The average Bonchev–Trinajstić information content (AvgIpc) is 2.60. The molecule has 0 bridgehead atoms. The smallest absolute Gasteiger partial charge is 0.253 e. The van der Waals surface area contributed by atoms with Crippen LogP contribution >= 0.6 is 27.5 Å². The van der Waals surface area contributed by atoms with Crippen molar-refractivity contribution in [3.05, 3.63) is 51.0 Å². The molecule has 0 fully saturated rings. The molecule has 0 aliphatic carbocycles. The molecule has 0 spiro atoms. The van der Waals surface area contributed by atoms with Gasteiger partial charge in [-0.3, -0.25) is 4.79 Å². The summed E-state index contributed by atoms with van der Waals surface area (Å²) < 4.78 is 16.8. The van der Waals surface area contributed by atoms with Crippen molar-refractivity contribution in [1.82, 2.24) is 5.32 Å². The van der Waals surface area contributed by atoms with Gasteiger partial charge < -0.3 is 19.5 Å². The molecule has 0 unspecified atom stereocenters. The van der Waals surface area contributed by atoms with Crippen LogP contribution in [0.4, 0.5) is 0 Å². The number of benzene rings is 2. The third kappa shape index (κ3) is 3.94. The molecule has 2 aromatic carbocycles. The van der Waals surface area contributed by atoms with Gasteiger partial charge in [0, 0.05) is 16.6 Å². The molecule has 2 rings (SSSR count). The van der Waals surface area contributed by atoms with Crippen molar-refractivity contribution < 1.29 is 19.0 Å². The van der Waals surface area contributed by atoms with Crippen molar-refractivity contribution in [2.24, 2.45) is 0 Å². The van der Waals surface area contributed by atoms with Gasteiger partial charge in [0.05, 0.1) is 31.9 Å². The van der Waals surface area contributed by atoms with E-state index in [2.05, 4.69) is 21.2 Å². The third-order valence-electron chi connectivity index (χ3n) is 3.40. The molecule has 1 N–H and O–H groups in total. The Bertz CT molecular complexity index is 752. The van der Waals surface area contributed by atoms with Gasteiger partial charge in [-0.2, -0.15) is 0 Å². The van der Waals surface area contributed by atoms with Crippen LogP contribution < -0.4 is 19.5 Å². The molecular weight excluding hydrogens is 398 g/mol. The van der Waals surface area contributed by atoms with E-state index >= 15 is 0 Å². The van der Waals surface area contributed by atoms with Gasteiger partial charge in [-0.15, -0.1) is 0 Å². The quantitative estimate of drug-likeness (QED) is 0.774. The number of nitrogens with one attached hydrogen (secondary N) is 1. The molecule has 0 saturated heterocycles. The number of carbonyl (C=O) groups excluding carboxylic acids is 1. The standard InChI is InChI=1S/C17H17BrClNO4/c1-22-14-7-4-10(15(23-2)16(14)24-3)9-20-17(21)12-8-11(18)5-6-13(12)19/h4-8H,9H2,1-3H3,(H,20,21). The highest BCUT2D eigenvalue weighted by atomic mass is 79.9. The lowest BCUT2D eigenvalue weighted by atomic mass is 10.1. The van der Waals surface area contributed by atoms with Crippen LogP contribution in [0.1, 0.15) is 15.9 Å². The lowest BCUT2D eigenvalue weighted by molar-refractivity contribution is 0.0950. The van der Waals surface area contributed by atoms with E-state index in [1.807, 2.05) is 6.07 Å². The predicted molar refractivity (Wildman–Crippen MR) is 96.4 cm³/mol. The summed E-state index contributed by atoms with van der Waals surface area (Å²) in [6.07, 6.45) is 0. The van der Waals surface area contributed by atoms with Crippen LogP contribution in [-0.4, -0.2) is 27.2 Å². The van der Waals surface area contributed by atoms with Crippen LogP contribution in [0.5, 0.6) is 17.2 Å². The minimum absolute atomic E-state index is 0.255. The Labute approximate surface area is 154 Å². The molecule has 0 aliphatic heterocycles. The summed E-state index contributed by atoms with van der Waals surface area (Å²) in [7, 11) is 4.62. The maximum atomic E-state index is 12.4. The van der Waals surface area contributed by atoms with Crippen LogP contribution in [0.15, 0.2) is 34.8 Å². The first-order chi connectivity index (χ1) is 11.5. The average molecular weight is 415 g/mol. The minimum atomic E-state index is -0.280. The number of carbonyl (C=O) groups is 1. The zero-order valence-electron chi connectivity index (χ0n) is 13.5. The monoisotopic (exact) mass is 413 g/mol. The van der Waals surface area contributed by atoms with Crippen LogP contribution in [0.25, 0.3) is 0 Å². The number of hydrogen-bond donors (Lipinski definition) is 1.